The van der Waals surface area contributed by atoms with Crippen molar-refractivity contribution in [3.63, 3.8) is 0 Å². The van der Waals surface area contributed by atoms with Crippen molar-refractivity contribution in [1.29, 1.82) is 0 Å². The van der Waals surface area contributed by atoms with Crippen molar-refractivity contribution in [2.45, 2.75) is 20.8 Å². The van der Waals surface area contributed by atoms with Gasteiger partial charge in [0.2, 0.25) is 0 Å². The molecule has 2 aromatic carbocycles. The van der Waals surface area contributed by atoms with E-state index in [1.54, 1.807) is 13.0 Å². The molecule has 4 heteroatoms. The van der Waals surface area contributed by atoms with Gasteiger partial charge in [-0.05, 0) is 32.4 Å². The van der Waals surface area contributed by atoms with Crippen LogP contribution in [0.15, 0.2) is 63.8 Å². The summed E-state index contributed by atoms with van der Waals surface area (Å²) in [4.78, 5) is 24.9. The summed E-state index contributed by atoms with van der Waals surface area (Å²) in [7, 11) is 0. The lowest BCUT2D eigenvalue weighted by molar-refractivity contribution is 0.0522. The van der Waals surface area contributed by atoms with Crippen LogP contribution in [-0.2, 0) is 4.74 Å². The van der Waals surface area contributed by atoms with E-state index in [1.807, 2.05) is 62.4 Å². The fourth-order valence-electron chi connectivity index (χ4n) is 2.71. The molecule has 0 atom stereocenters. The predicted octanol–water partition coefficient (Wildman–Crippen LogP) is 4.77. The quantitative estimate of drug-likeness (QED) is 0.638. The molecule has 3 rings (SSSR count). The van der Waals surface area contributed by atoms with E-state index in [4.69, 9.17) is 9.15 Å². The lowest BCUT2D eigenvalue weighted by Crippen LogP contribution is -2.18. The van der Waals surface area contributed by atoms with Crippen molar-refractivity contribution in [2.24, 2.45) is 0 Å². The van der Waals surface area contributed by atoms with Gasteiger partial charge >= 0.3 is 11.6 Å². The Kier molecular flexibility index (Phi) is 5.03. The third-order valence-electron chi connectivity index (χ3n) is 4.13. The van der Waals surface area contributed by atoms with Crippen LogP contribution in [0.2, 0.25) is 0 Å². The lowest BCUT2D eigenvalue weighted by atomic mass is 9.98. The van der Waals surface area contributed by atoms with Gasteiger partial charge in [0.05, 0.1) is 6.61 Å². The van der Waals surface area contributed by atoms with Crippen molar-refractivity contribution in [2.75, 3.05) is 6.61 Å². The maximum atomic E-state index is 12.6. The highest BCUT2D eigenvalue weighted by Gasteiger charge is 2.22. The molecule has 0 N–H and O–H groups in total. The molecule has 0 aliphatic rings. The first-order valence-electron chi connectivity index (χ1n) is 8.49. The molecule has 0 saturated heterocycles. The SMILES string of the molecule is CCOC(=O)c1c(-c2ccc(C)cc2)cc(-c2ccc(C)cc2)oc1=O. The summed E-state index contributed by atoms with van der Waals surface area (Å²) in [6, 6.07) is 17.0. The topological polar surface area (TPSA) is 56.5 Å². The molecule has 0 aliphatic carbocycles. The number of benzene rings is 2. The lowest BCUT2D eigenvalue weighted by Gasteiger charge is -2.10. The zero-order chi connectivity index (χ0) is 18.7. The van der Waals surface area contributed by atoms with Gasteiger partial charge in [-0.1, -0.05) is 59.7 Å². The van der Waals surface area contributed by atoms with Crippen LogP contribution in [-0.4, -0.2) is 12.6 Å². The standard InChI is InChI=1S/C22H20O4/c1-4-25-21(23)20-18(16-9-5-14(2)6-10-16)13-19(26-22(20)24)17-11-7-15(3)8-12-17/h5-13H,4H2,1-3H3. The maximum Gasteiger partial charge on any atom is 0.351 e. The first-order valence-corrected chi connectivity index (χ1v) is 8.49. The van der Waals surface area contributed by atoms with Crippen LogP contribution in [0.4, 0.5) is 0 Å². The van der Waals surface area contributed by atoms with Crippen molar-refractivity contribution in [3.05, 3.63) is 81.7 Å². The smallest absolute Gasteiger partial charge is 0.351 e. The highest BCUT2D eigenvalue weighted by atomic mass is 16.5. The van der Waals surface area contributed by atoms with Crippen molar-refractivity contribution < 1.29 is 13.9 Å². The number of hydrogen-bond donors (Lipinski definition) is 0. The zero-order valence-corrected chi connectivity index (χ0v) is 15.0. The van der Waals surface area contributed by atoms with Crippen LogP contribution in [0, 0.1) is 13.8 Å². The molecule has 0 unspecified atom stereocenters. The van der Waals surface area contributed by atoms with Crippen LogP contribution in [0.25, 0.3) is 22.5 Å². The van der Waals surface area contributed by atoms with E-state index in [1.165, 1.54) is 0 Å². The van der Waals surface area contributed by atoms with E-state index in [9.17, 15) is 9.59 Å². The number of ether oxygens (including phenoxy) is 1. The van der Waals surface area contributed by atoms with E-state index in [0.29, 0.717) is 11.3 Å². The van der Waals surface area contributed by atoms with Crippen molar-refractivity contribution in [3.8, 4) is 22.5 Å². The average Bonchev–Trinajstić information content (AvgIpc) is 2.62. The molecule has 1 aromatic heterocycles. The fraction of sp³-hybridized carbons (Fsp3) is 0.182. The number of carbonyl (C=O) groups excluding carboxylic acids is 1. The summed E-state index contributed by atoms with van der Waals surface area (Å²) in [5, 5.41) is 0. The predicted molar refractivity (Wildman–Crippen MR) is 101 cm³/mol. The Morgan fingerprint density at radius 1 is 0.923 bits per heavy atom. The molecule has 1 heterocycles. The van der Waals surface area contributed by atoms with Crippen LogP contribution in [0.3, 0.4) is 0 Å². The third-order valence-corrected chi connectivity index (χ3v) is 4.13. The summed E-state index contributed by atoms with van der Waals surface area (Å²) in [5.74, 6) is -0.258. The summed E-state index contributed by atoms with van der Waals surface area (Å²) < 4.78 is 10.5. The molecule has 0 aliphatic heterocycles. The first kappa shape index (κ1) is 17.7. The number of hydrogen-bond acceptors (Lipinski definition) is 4. The molecular formula is C22H20O4. The number of carbonyl (C=O) groups is 1. The van der Waals surface area contributed by atoms with E-state index >= 15 is 0 Å². The molecular weight excluding hydrogens is 328 g/mol. The number of aryl methyl sites for hydroxylation is 2. The summed E-state index contributed by atoms with van der Waals surface area (Å²) in [6.45, 7) is 5.85. The molecule has 0 amide bonds. The highest BCUT2D eigenvalue weighted by Crippen LogP contribution is 2.28. The molecule has 0 radical (unpaired) electrons. The van der Waals surface area contributed by atoms with Gasteiger partial charge in [0, 0.05) is 11.1 Å². The van der Waals surface area contributed by atoms with Gasteiger partial charge < -0.3 is 9.15 Å². The molecule has 132 valence electrons. The molecule has 0 bridgehead atoms. The van der Waals surface area contributed by atoms with E-state index in [-0.39, 0.29) is 12.2 Å². The average molecular weight is 348 g/mol. The van der Waals surface area contributed by atoms with E-state index < -0.39 is 11.6 Å². The Hall–Kier alpha value is -3.14. The van der Waals surface area contributed by atoms with Crippen LogP contribution < -0.4 is 5.63 Å². The largest absolute Gasteiger partial charge is 0.462 e. The second-order valence-corrected chi connectivity index (χ2v) is 6.14. The molecule has 0 fully saturated rings. The normalized spacial score (nSPS) is 10.6. The summed E-state index contributed by atoms with van der Waals surface area (Å²) in [6.07, 6.45) is 0. The zero-order valence-electron chi connectivity index (χ0n) is 15.0. The van der Waals surface area contributed by atoms with Crippen molar-refractivity contribution >= 4 is 5.97 Å². The molecule has 0 spiro atoms. The first-order chi connectivity index (χ1) is 12.5. The van der Waals surface area contributed by atoms with Crippen LogP contribution in [0.5, 0.6) is 0 Å². The van der Waals surface area contributed by atoms with Crippen LogP contribution in [0.1, 0.15) is 28.4 Å². The van der Waals surface area contributed by atoms with Gasteiger partial charge in [-0.3, -0.25) is 0 Å². The van der Waals surface area contributed by atoms with Gasteiger partial charge in [-0.15, -0.1) is 0 Å². The molecule has 0 saturated carbocycles. The van der Waals surface area contributed by atoms with E-state index in [0.717, 1.165) is 22.3 Å². The Morgan fingerprint density at radius 3 is 2.00 bits per heavy atom. The monoisotopic (exact) mass is 348 g/mol. The minimum Gasteiger partial charge on any atom is -0.462 e. The van der Waals surface area contributed by atoms with Crippen molar-refractivity contribution in [1.82, 2.24) is 0 Å². The highest BCUT2D eigenvalue weighted by molar-refractivity contribution is 5.97. The van der Waals surface area contributed by atoms with Gasteiger partial charge in [0.25, 0.3) is 0 Å². The number of esters is 1. The fourth-order valence-corrected chi connectivity index (χ4v) is 2.71. The Labute approximate surface area is 152 Å². The Balaban J connectivity index is 2.22. The molecule has 4 nitrogen and oxygen atoms in total. The molecule has 26 heavy (non-hydrogen) atoms. The number of rotatable bonds is 4. The minimum atomic E-state index is -0.697. The van der Waals surface area contributed by atoms with Gasteiger partial charge in [0.1, 0.15) is 5.76 Å². The maximum absolute atomic E-state index is 12.6. The minimum absolute atomic E-state index is 0.0773. The van der Waals surface area contributed by atoms with Gasteiger partial charge in [0.15, 0.2) is 5.56 Å². The summed E-state index contributed by atoms with van der Waals surface area (Å²) in [5.41, 5.74) is 3.47. The van der Waals surface area contributed by atoms with Gasteiger partial charge in [-0.25, -0.2) is 9.59 Å². The summed E-state index contributed by atoms with van der Waals surface area (Å²) >= 11 is 0. The van der Waals surface area contributed by atoms with E-state index in [2.05, 4.69) is 0 Å². The van der Waals surface area contributed by atoms with Crippen LogP contribution >= 0.6 is 0 Å². The van der Waals surface area contributed by atoms with Gasteiger partial charge in [-0.2, -0.15) is 0 Å². The molecule has 3 aromatic rings. The second-order valence-electron chi connectivity index (χ2n) is 6.14. The second kappa shape index (κ2) is 7.40. The Bertz CT molecular complexity index is 980. The Morgan fingerprint density at radius 2 is 1.46 bits per heavy atom. The third kappa shape index (κ3) is 3.59.